The lowest BCUT2D eigenvalue weighted by atomic mass is 9.94. The van der Waals surface area contributed by atoms with Crippen molar-refractivity contribution in [2.24, 2.45) is 5.92 Å². The van der Waals surface area contributed by atoms with Crippen molar-refractivity contribution in [2.75, 3.05) is 45.8 Å². The number of hydrogen-bond acceptors (Lipinski definition) is 4. The molecule has 1 aliphatic carbocycles. The van der Waals surface area contributed by atoms with Crippen molar-refractivity contribution >= 4 is 11.8 Å². The minimum atomic E-state index is -0.174. The molecule has 1 atom stereocenters. The van der Waals surface area contributed by atoms with Crippen LogP contribution in [0.2, 0.25) is 0 Å². The van der Waals surface area contributed by atoms with Crippen LogP contribution in [-0.2, 0) is 9.59 Å². The van der Waals surface area contributed by atoms with Crippen molar-refractivity contribution in [1.82, 2.24) is 20.0 Å². The molecule has 3 fully saturated rings. The zero-order valence-electron chi connectivity index (χ0n) is 17.5. The fraction of sp³-hybridized carbons (Fsp3) is 0.905. The van der Waals surface area contributed by atoms with Gasteiger partial charge in [-0.15, -0.1) is 0 Å². The molecule has 0 aromatic rings. The Balaban J connectivity index is 1.46. The van der Waals surface area contributed by atoms with Crippen LogP contribution < -0.4 is 5.32 Å². The third-order valence-electron chi connectivity index (χ3n) is 6.92. The molecule has 2 amide bonds. The highest BCUT2D eigenvalue weighted by Gasteiger charge is 2.39. The van der Waals surface area contributed by atoms with Gasteiger partial charge in [-0.25, -0.2) is 0 Å². The monoisotopic (exact) mass is 378 g/mol. The summed E-state index contributed by atoms with van der Waals surface area (Å²) >= 11 is 0. The quantitative estimate of drug-likeness (QED) is 0.764. The molecular formula is C21H38N4O2. The van der Waals surface area contributed by atoms with Crippen molar-refractivity contribution in [3.8, 4) is 0 Å². The van der Waals surface area contributed by atoms with E-state index in [2.05, 4.69) is 35.9 Å². The largest absolute Gasteiger partial charge is 0.354 e. The minimum absolute atomic E-state index is 0.0544. The maximum absolute atomic E-state index is 12.7. The molecule has 0 aromatic heterocycles. The minimum Gasteiger partial charge on any atom is -0.354 e. The van der Waals surface area contributed by atoms with Crippen molar-refractivity contribution in [2.45, 2.75) is 70.9 Å². The Hall–Kier alpha value is -1.14. The van der Waals surface area contributed by atoms with Crippen LogP contribution in [0.5, 0.6) is 0 Å². The topological polar surface area (TPSA) is 55.9 Å². The Labute approximate surface area is 164 Å². The van der Waals surface area contributed by atoms with Crippen LogP contribution in [0, 0.1) is 5.92 Å². The molecule has 0 bridgehead atoms. The standard InChI is InChI=1S/C21H38N4O2/c1-4-23-10-12-24(13-11-23)21(2,3)16-22-20(27)17-14-19(26)25(15-17)18-8-6-5-7-9-18/h17-18H,4-16H2,1-3H3,(H,22,27). The first-order valence-corrected chi connectivity index (χ1v) is 11.0. The van der Waals surface area contributed by atoms with E-state index in [9.17, 15) is 9.59 Å². The highest BCUT2D eigenvalue weighted by Crippen LogP contribution is 2.28. The van der Waals surface area contributed by atoms with Crippen molar-refractivity contribution in [3.05, 3.63) is 0 Å². The molecule has 1 unspecified atom stereocenters. The first kappa shape index (κ1) is 20.6. The van der Waals surface area contributed by atoms with Gasteiger partial charge in [0.25, 0.3) is 0 Å². The summed E-state index contributed by atoms with van der Waals surface area (Å²) in [6.07, 6.45) is 6.31. The zero-order chi connectivity index (χ0) is 19.4. The fourth-order valence-corrected chi connectivity index (χ4v) is 4.88. The summed E-state index contributed by atoms with van der Waals surface area (Å²) in [6, 6.07) is 0.371. The van der Waals surface area contributed by atoms with Gasteiger partial charge in [-0.05, 0) is 33.2 Å². The van der Waals surface area contributed by atoms with Gasteiger partial charge in [0.15, 0.2) is 0 Å². The molecule has 0 radical (unpaired) electrons. The highest BCUT2D eigenvalue weighted by atomic mass is 16.2. The number of amides is 2. The molecule has 3 aliphatic rings. The van der Waals surface area contributed by atoms with Gasteiger partial charge in [-0.2, -0.15) is 0 Å². The molecule has 2 heterocycles. The molecular weight excluding hydrogens is 340 g/mol. The number of carbonyl (C=O) groups is 2. The first-order chi connectivity index (χ1) is 12.9. The normalized spacial score (nSPS) is 26.6. The van der Waals surface area contributed by atoms with E-state index in [0.29, 0.717) is 25.6 Å². The average molecular weight is 379 g/mol. The third-order valence-corrected chi connectivity index (χ3v) is 6.92. The van der Waals surface area contributed by atoms with Gasteiger partial charge in [-0.3, -0.25) is 14.5 Å². The molecule has 0 spiro atoms. The second-order valence-corrected chi connectivity index (χ2v) is 9.19. The maximum atomic E-state index is 12.7. The molecule has 1 saturated carbocycles. The molecule has 2 aliphatic heterocycles. The van der Waals surface area contributed by atoms with E-state index in [-0.39, 0.29) is 23.3 Å². The lowest BCUT2D eigenvalue weighted by Crippen LogP contribution is -2.58. The Bertz CT molecular complexity index is 522. The van der Waals surface area contributed by atoms with Gasteiger partial charge in [0.2, 0.25) is 11.8 Å². The molecule has 27 heavy (non-hydrogen) atoms. The summed E-state index contributed by atoms with van der Waals surface area (Å²) in [5.41, 5.74) is -0.0544. The molecule has 1 N–H and O–H groups in total. The van der Waals surface area contributed by atoms with E-state index in [1.807, 2.05) is 4.90 Å². The van der Waals surface area contributed by atoms with Crippen LogP contribution in [0.15, 0.2) is 0 Å². The number of likely N-dealkylation sites (tertiary alicyclic amines) is 1. The number of nitrogens with one attached hydrogen (secondary N) is 1. The number of hydrogen-bond donors (Lipinski definition) is 1. The first-order valence-electron chi connectivity index (χ1n) is 11.0. The lowest BCUT2D eigenvalue weighted by molar-refractivity contribution is -0.130. The van der Waals surface area contributed by atoms with Crippen LogP contribution in [0.25, 0.3) is 0 Å². The van der Waals surface area contributed by atoms with Crippen LogP contribution in [-0.4, -0.2) is 83.9 Å². The summed E-state index contributed by atoms with van der Waals surface area (Å²) in [7, 11) is 0. The molecule has 0 aromatic carbocycles. The lowest BCUT2D eigenvalue weighted by Gasteiger charge is -2.44. The summed E-state index contributed by atoms with van der Waals surface area (Å²) in [4.78, 5) is 32.1. The summed E-state index contributed by atoms with van der Waals surface area (Å²) < 4.78 is 0. The van der Waals surface area contributed by atoms with E-state index in [4.69, 9.17) is 0 Å². The van der Waals surface area contributed by atoms with Crippen LogP contribution in [0.3, 0.4) is 0 Å². The Kier molecular flexibility index (Phi) is 6.79. The zero-order valence-corrected chi connectivity index (χ0v) is 17.5. The number of rotatable bonds is 6. The fourth-order valence-electron chi connectivity index (χ4n) is 4.88. The van der Waals surface area contributed by atoms with E-state index >= 15 is 0 Å². The maximum Gasteiger partial charge on any atom is 0.225 e. The van der Waals surface area contributed by atoms with Crippen LogP contribution in [0.1, 0.15) is 59.3 Å². The molecule has 154 valence electrons. The van der Waals surface area contributed by atoms with Crippen LogP contribution >= 0.6 is 0 Å². The van der Waals surface area contributed by atoms with E-state index in [1.165, 1.54) is 19.3 Å². The van der Waals surface area contributed by atoms with Gasteiger partial charge in [0, 0.05) is 57.3 Å². The van der Waals surface area contributed by atoms with E-state index < -0.39 is 0 Å². The molecule has 2 saturated heterocycles. The van der Waals surface area contributed by atoms with Crippen LogP contribution in [0.4, 0.5) is 0 Å². The van der Waals surface area contributed by atoms with Gasteiger partial charge in [0.05, 0.1) is 5.92 Å². The summed E-state index contributed by atoms with van der Waals surface area (Å²) in [6.45, 7) is 13.3. The summed E-state index contributed by atoms with van der Waals surface area (Å²) in [5.74, 6) is 0.0612. The Morgan fingerprint density at radius 1 is 1.11 bits per heavy atom. The third kappa shape index (κ3) is 5.02. The highest BCUT2D eigenvalue weighted by molar-refractivity contribution is 5.89. The summed E-state index contributed by atoms with van der Waals surface area (Å²) in [5, 5.41) is 3.16. The predicted octanol–water partition coefficient (Wildman–Crippen LogP) is 1.70. The molecule has 3 rings (SSSR count). The second kappa shape index (κ2) is 8.91. The Morgan fingerprint density at radius 3 is 2.41 bits per heavy atom. The van der Waals surface area contributed by atoms with E-state index in [1.54, 1.807) is 0 Å². The SMILES string of the molecule is CCN1CCN(C(C)(C)CNC(=O)C2CC(=O)N(C3CCCCC3)C2)CC1. The van der Waals surface area contributed by atoms with Gasteiger partial charge in [0.1, 0.15) is 0 Å². The Morgan fingerprint density at radius 2 is 1.78 bits per heavy atom. The average Bonchev–Trinajstić information content (AvgIpc) is 3.08. The smallest absolute Gasteiger partial charge is 0.225 e. The van der Waals surface area contributed by atoms with Crippen molar-refractivity contribution < 1.29 is 9.59 Å². The number of piperazine rings is 1. The van der Waals surface area contributed by atoms with Gasteiger partial charge >= 0.3 is 0 Å². The number of nitrogens with zero attached hydrogens (tertiary/aromatic N) is 3. The molecule has 6 nitrogen and oxygen atoms in total. The van der Waals surface area contributed by atoms with Gasteiger partial charge in [-0.1, -0.05) is 26.2 Å². The van der Waals surface area contributed by atoms with Crippen molar-refractivity contribution in [3.63, 3.8) is 0 Å². The van der Waals surface area contributed by atoms with Crippen molar-refractivity contribution in [1.29, 1.82) is 0 Å². The number of carbonyl (C=O) groups excluding carboxylic acids is 2. The predicted molar refractivity (Wildman–Crippen MR) is 107 cm³/mol. The number of likely N-dealkylation sites (N-methyl/N-ethyl adjacent to an activating group) is 1. The second-order valence-electron chi connectivity index (χ2n) is 9.19. The van der Waals surface area contributed by atoms with Gasteiger partial charge < -0.3 is 15.1 Å². The molecule has 6 heteroatoms. The van der Waals surface area contributed by atoms with E-state index in [0.717, 1.165) is 45.6 Å².